The second-order valence-electron chi connectivity index (χ2n) is 8.35. The fourth-order valence-corrected chi connectivity index (χ4v) is 4.47. The maximum absolute atomic E-state index is 5.56. The van der Waals surface area contributed by atoms with Crippen molar-refractivity contribution in [3.8, 4) is 17.2 Å². The molecule has 0 aromatic carbocycles. The molecule has 0 atom stereocenters. The van der Waals surface area contributed by atoms with Gasteiger partial charge in [0.1, 0.15) is 5.52 Å². The third-order valence-corrected chi connectivity index (χ3v) is 6.30. The Bertz CT molecular complexity index is 1250. The Morgan fingerprint density at radius 3 is 2.52 bits per heavy atom. The van der Waals surface area contributed by atoms with Crippen LogP contribution in [0.4, 0.5) is 5.82 Å². The minimum Gasteiger partial charge on any atom is -0.381 e. The van der Waals surface area contributed by atoms with Gasteiger partial charge in [-0.15, -0.1) is 0 Å². The van der Waals surface area contributed by atoms with Crippen LogP contribution in [0.3, 0.4) is 0 Å². The molecular formula is C24H25N7O2. The molecule has 9 heteroatoms. The molecule has 33 heavy (non-hydrogen) atoms. The molecule has 0 aliphatic carbocycles. The maximum atomic E-state index is 5.56. The predicted octanol–water partition coefficient (Wildman–Crippen LogP) is 3.00. The van der Waals surface area contributed by atoms with Gasteiger partial charge in [-0.1, -0.05) is 0 Å². The predicted molar refractivity (Wildman–Crippen MR) is 124 cm³/mol. The molecule has 4 aromatic heterocycles. The van der Waals surface area contributed by atoms with Gasteiger partial charge in [-0.25, -0.2) is 9.67 Å². The molecule has 2 aliphatic rings. The molecule has 0 bridgehead atoms. The summed E-state index contributed by atoms with van der Waals surface area (Å²) in [6, 6.07) is 8.02. The summed E-state index contributed by atoms with van der Waals surface area (Å²) in [5.74, 6) is 1.82. The highest BCUT2D eigenvalue weighted by Crippen LogP contribution is 2.31. The molecule has 0 unspecified atom stereocenters. The molecular weight excluding hydrogens is 418 g/mol. The van der Waals surface area contributed by atoms with Crippen LogP contribution < -0.4 is 4.90 Å². The van der Waals surface area contributed by atoms with Gasteiger partial charge < -0.3 is 14.4 Å². The van der Waals surface area contributed by atoms with E-state index < -0.39 is 0 Å². The summed E-state index contributed by atoms with van der Waals surface area (Å²) in [5.41, 5.74) is 4.72. The number of fused-ring (bicyclic) bond motifs is 1. The first kappa shape index (κ1) is 20.2. The summed E-state index contributed by atoms with van der Waals surface area (Å²) < 4.78 is 12.8. The van der Waals surface area contributed by atoms with Crippen molar-refractivity contribution in [3.05, 3.63) is 54.6 Å². The average molecular weight is 444 g/mol. The van der Waals surface area contributed by atoms with Gasteiger partial charge in [-0.05, 0) is 48.6 Å². The first-order valence-electron chi connectivity index (χ1n) is 11.4. The molecule has 0 saturated carbocycles. The van der Waals surface area contributed by atoms with Crippen molar-refractivity contribution in [2.24, 2.45) is 0 Å². The van der Waals surface area contributed by atoms with Gasteiger partial charge in [-0.2, -0.15) is 10.1 Å². The number of anilines is 1. The fraction of sp³-hybridized carbons (Fsp3) is 0.375. The maximum Gasteiger partial charge on any atom is 0.253 e. The van der Waals surface area contributed by atoms with Gasteiger partial charge in [0.05, 0.1) is 24.4 Å². The Hall–Kier alpha value is -3.43. The molecule has 9 nitrogen and oxygen atoms in total. The van der Waals surface area contributed by atoms with Gasteiger partial charge >= 0.3 is 0 Å². The van der Waals surface area contributed by atoms with Crippen LogP contribution in [0.5, 0.6) is 0 Å². The summed E-state index contributed by atoms with van der Waals surface area (Å²) in [6.45, 7) is 4.49. The lowest BCUT2D eigenvalue weighted by Gasteiger charge is -2.28. The zero-order valence-corrected chi connectivity index (χ0v) is 18.3. The van der Waals surface area contributed by atoms with Gasteiger partial charge in [0.15, 0.2) is 5.82 Å². The Kier molecular flexibility index (Phi) is 5.41. The SMILES string of the molecule is c1cc(-c2ccn(-c3nc(N4CCOCC4)c4ncc(C5CCOCC5)cc4n3)n2)ccn1. The van der Waals surface area contributed by atoms with Crippen LogP contribution in [0.2, 0.25) is 0 Å². The molecule has 2 aliphatic heterocycles. The number of ether oxygens (including phenoxy) is 2. The molecule has 2 saturated heterocycles. The monoisotopic (exact) mass is 443 g/mol. The molecule has 2 fully saturated rings. The highest BCUT2D eigenvalue weighted by Gasteiger charge is 2.22. The summed E-state index contributed by atoms with van der Waals surface area (Å²) in [6.07, 6.45) is 9.43. The molecule has 0 radical (unpaired) electrons. The van der Waals surface area contributed by atoms with Gasteiger partial charge in [-0.3, -0.25) is 9.97 Å². The Morgan fingerprint density at radius 2 is 1.70 bits per heavy atom. The molecule has 168 valence electrons. The van der Waals surface area contributed by atoms with Crippen LogP contribution in [0.25, 0.3) is 28.2 Å². The third-order valence-electron chi connectivity index (χ3n) is 6.30. The van der Waals surface area contributed by atoms with Crippen LogP contribution >= 0.6 is 0 Å². The summed E-state index contributed by atoms with van der Waals surface area (Å²) in [7, 11) is 0. The number of rotatable bonds is 4. The van der Waals surface area contributed by atoms with Crippen molar-refractivity contribution in [2.75, 3.05) is 44.4 Å². The molecule has 6 heterocycles. The van der Waals surface area contributed by atoms with E-state index in [0.29, 0.717) is 25.1 Å². The van der Waals surface area contributed by atoms with Crippen molar-refractivity contribution in [1.29, 1.82) is 0 Å². The first-order valence-corrected chi connectivity index (χ1v) is 11.4. The van der Waals surface area contributed by atoms with Crippen molar-refractivity contribution in [3.63, 3.8) is 0 Å². The second kappa shape index (κ2) is 8.84. The van der Waals surface area contributed by atoms with E-state index in [1.165, 1.54) is 5.56 Å². The fourth-order valence-electron chi connectivity index (χ4n) is 4.47. The molecule has 4 aromatic rings. The summed E-state index contributed by atoms with van der Waals surface area (Å²) in [4.78, 5) is 20.9. The van der Waals surface area contributed by atoms with E-state index in [9.17, 15) is 0 Å². The second-order valence-corrected chi connectivity index (χ2v) is 8.35. The van der Waals surface area contributed by atoms with Crippen molar-refractivity contribution < 1.29 is 9.47 Å². The topological polar surface area (TPSA) is 91.1 Å². The number of hydrogen-bond acceptors (Lipinski definition) is 8. The highest BCUT2D eigenvalue weighted by molar-refractivity contribution is 5.86. The van der Waals surface area contributed by atoms with E-state index in [-0.39, 0.29) is 0 Å². The van der Waals surface area contributed by atoms with E-state index in [1.54, 1.807) is 17.1 Å². The molecule has 6 rings (SSSR count). The molecule has 0 spiro atoms. The van der Waals surface area contributed by atoms with Crippen LogP contribution in [-0.4, -0.2) is 69.2 Å². The summed E-state index contributed by atoms with van der Waals surface area (Å²) in [5, 5.41) is 4.74. The Labute approximate surface area is 191 Å². The van der Waals surface area contributed by atoms with E-state index in [0.717, 1.165) is 67.3 Å². The van der Waals surface area contributed by atoms with Crippen LogP contribution in [0, 0.1) is 0 Å². The van der Waals surface area contributed by atoms with Crippen molar-refractivity contribution in [1.82, 2.24) is 29.7 Å². The standard InChI is InChI=1S/C24H25N7O2/c1-6-25-7-2-18(1)20-3-8-31(29-20)24-27-21-15-19(17-4-11-32-12-5-17)16-26-22(21)23(28-24)30-9-13-33-14-10-30/h1-3,6-8,15-17H,4-5,9-14H2. The van der Waals surface area contributed by atoms with E-state index in [1.807, 2.05) is 30.6 Å². The Balaban J connectivity index is 1.44. The Morgan fingerprint density at radius 1 is 0.909 bits per heavy atom. The van der Waals surface area contributed by atoms with E-state index in [4.69, 9.17) is 29.5 Å². The minimum atomic E-state index is 0.448. The lowest BCUT2D eigenvalue weighted by molar-refractivity contribution is 0.0853. The van der Waals surface area contributed by atoms with Gasteiger partial charge in [0.25, 0.3) is 5.95 Å². The zero-order chi connectivity index (χ0) is 22.0. The first-order chi connectivity index (χ1) is 16.3. The number of hydrogen-bond donors (Lipinski definition) is 0. The quantitative estimate of drug-likeness (QED) is 0.475. The lowest BCUT2D eigenvalue weighted by atomic mass is 9.93. The smallest absolute Gasteiger partial charge is 0.253 e. The number of morpholine rings is 1. The molecule has 0 amide bonds. The van der Waals surface area contributed by atoms with E-state index >= 15 is 0 Å². The van der Waals surface area contributed by atoms with Crippen LogP contribution in [0.1, 0.15) is 24.3 Å². The van der Waals surface area contributed by atoms with Crippen molar-refractivity contribution >= 4 is 16.9 Å². The highest BCUT2D eigenvalue weighted by atomic mass is 16.5. The number of pyridine rings is 2. The van der Waals surface area contributed by atoms with Crippen LogP contribution in [0.15, 0.2) is 49.1 Å². The van der Waals surface area contributed by atoms with Crippen LogP contribution in [-0.2, 0) is 9.47 Å². The zero-order valence-electron chi connectivity index (χ0n) is 18.3. The average Bonchev–Trinajstić information content (AvgIpc) is 3.40. The normalized spacial score (nSPS) is 17.5. The van der Waals surface area contributed by atoms with Gasteiger partial charge in [0, 0.05) is 56.7 Å². The minimum absolute atomic E-state index is 0.448. The van der Waals surface area contributed by atoms with Gasteiger partial charge in [0.2, 0.25) is 0 Å². The lowest BCUT2D eigenvalue weighted by Crippen LogP contribution is -2.37. The third kappa shape index (κ3) is 4.05. The number of nitrogens with zero attached hydrogens (tertiary/aromatic N) is 7. The summed E-state index contributed by atoms with van der Waals surface area (Å²) >= 11 is 0. The number of aromatic nitrogens is 6. The molecule has 0 N–H and O–H groups in total. The van der Waals surface area contributed by atoms with E-state index in [2.05, 4.69) is 16.0 Å². The van der Waals surface area contributed by atoms with Crippen molar-refractivity contribution in [2.45, 2.75) is 18.8 Å². The largest absolute Gasteiger partial charge is 0.381 e.